The average Bonchev–Trinajstić information content (AvgIpc) is 3.07. The number of amides is 2. The van der Waals surface area contributed by atoms with Crippen molar-refractivity contribution in [2.24, 2.45) is 0 Å². The molecule has 1 fully saturated rings. The van der Waals surface area contributed by atoms with Crippen LogP contribution in [0.25, 0.3) is 6.08 Å². The standard InChI is InChI=1S/C24H24N2O5S2/c1-31-19-12-6-16(7-13-19)15-20-22(28)26(24(32)33-20)14-4-2-3-5-21(27)25-18-10-8-17(9-11-18)23(29)30/h6-13,15H,2-5,14H2,1H3,(H,25,27)(H,29,30)/b20-15-. The zero-order valence-corrected chi connectivity index (χ0v) is 19.7. The Morgan fingerprint density at radius 3 is 2.42 bits per heavy atom. The van der Waals surface area contributed by atoms with Gasteiger partial charge in [-0.15, -0.1) is 0 Å². The van der Waals surface area contributed by atoms with Gasteiger partial charge >= 0.3 is 5.97 Å². The molecule has 33 heavy (non-hydrogen) atoms. The summed E-state index contributed by atoms with van der Waals surface area (Å²) in [5.41, 5.74) is 1.63. The number of carbonyl (C=O) groups excluding carboxylic acids is 2. The summed E-state index contributed by atoms with van der Waals surface area (Å²) >= 11 is 6.67. The molecular weight excluding hydrogens is 460 g/mol. The second kappa shape index (κ2) is 11.6. The molecule has 0 unspecified atom stereocenters. The Morgan fingerprint density at radius 1 is 1.09 bits per heavy atom. The number of hydrogen-bond acceptors (Lipinski definition) is 6. The first kappa shape index (κ1) is 24.5. The molecule has 2 aromatic carbocycles. The summed E-state index contributed by atoms with van der Waals surface area (Å²) < 4.78 is 5.69. The Hall–Kier alpha value is -3.17. The third-order valence-corrected chi connectivity index (χ3v) is 6.37. The van der Waals surface area contributed by atoms with Crippen LogP contribution in [-0.4, -0.2) is 45.8 Å². The molecule has 172 valence electrons. The molecule has 3 rings (SSSR count). The number of carboxylic acids is 1. The number of methoxy groups -OCH3 is 1. The summed E-state index contributed by atoms with van der Waals surface area (Å²) in [4.78, 5) is 37.9. The van der Waals surface area contributed by atoms with Gasteiger partial charge in [0.05, 0.1) is 17.6 Å². The molecule has 0 radical (unpaired) electrons. The first-order chi connectivity index (χ1) is 15.9. The van der Waals surface area contributed by atoms with Crippen LogP contribution >= 0.6 is 24.0 Å². The summed E-state index contributed by atoms with van der Waals surface area (Å²) in [5.74, 6) is -0.482. The van der Waals surface area contributed by atoms with Gasteiger partial charge in [0.15, 0.2) is 0 Å². The van der Waals surface area contributed by atoms with Gasteiger partial charge in [-0.2, -0.15) is 0 Å². The monoisotopic (exact) mass is 484 g/mol. The molecule has 1 saturated heterocycles. The van der Waals surface area contributed by atoms with E-state index in [0.717, 1.165) is 24.2 Å². The van der Waals surface area contributed by atoms with Gasteiger partial charge in [-0.3, -0.25) is 14.5 Å². The van der Waals surface area contributed by atoms with E-state index in [4.69, 9.17) is 22.1 Å². The molecule has 2 amide bonds. The predicted molar refractivity (Wildman–Crippen MR) is 133 cm³/mol. The van der Waals surface area contributed by atoms with Crippen LogP contribution in [0.15, 0.2) is 53.4 Å². The van der Waals surface area contributed by atoms with Crippen LogP contribution in [0.1, 0.15) is 41.6 Å². The smallest absolute Gasteiger partial charge is 0.335 e. The SMILES string of the molecule is COc1ccc(/C=C2\SC(=S)N(CCCCCC(=O)Nc3ccc(C(=O)O)cc3)C2=O)cc1. The number of thioether (sulfide) groups is 1. The van der Waals surface area contributed by atoms with Crippen LogP contribution < -0.4 is 10.1 Å². The van der Waals surface area contributed by atoms with Gasteiger partial charge < -0.3 is 15.2 Å². The molecule has 9 heteroatoms. The third kappa shape index (κ3) is 6.90. The highest BCUT2D eigenvalue weighted by Crippen LogP contribution is 2.33. The molecule has 0 bridgehead atoms. The molecule has 1 heterocycles. The van der Waals surface area contributed by atoms with Crippen molar-refractivity contribution in [3.8, 4) is 5.75 Å². The highest BCUT2D eigenvalue weighted by Gasteiger charge is 2.31. The van der Waals surface area contributed by atoms with Gasteiger partial charge in [-0.25, -0.2) is 4.79 Å². The van der Waals surface area contributed by atoms with Gasteiger partial charge in [0.25, 0.3) is 5.91 Å². The Kier molecular flexibility index (Phi) is 8.62. The minimum absolute atomic E-state index is 0.0941. The molecule has 2 aromatic rings. The number of carboxylic acid groups (broad SMARTS) is 1. The Balaban J connectivity index is 1.40. The zero-order valence-electron chi connectivity index (χ0n) is 18.1. The minimum atomic E-state index is -1.01. The first-order valence-electron chi connectivity index (χ1n) is 10.4. The lowest BCUT2D eigenvalue weighted by Crippen LogP contribution is -2.29. The lowest BCUT2D eigenvalue weighted by atomic mass is 10.1. The molecule has 2 N–H and O–H groups in total. The lowest BCUT2D eigenvalue weighted by molar-refractivity contribution is -0.122. The van der Waals surface area contributed by atoms with Crippen LogP contribution in [0.5, 0.6) is 5.75 Å². The summed E-state index contributed by atoms with van der Waals surface area (Å²) in [6, 6.07) is 13.5. The van der Waals surface area contributed by atoms with E-state index >= 15 is 0 Å². The average molecular weight is 485 g/mol. The van der Waals surface area contributed by atoms with Crippen molar-refractivity contribution in [2.45, 2.75) is 25.7 Å². The largest absolute Gasteiger partial charge is 0.497 e. The van der Waals surface area contributed by atoms with Crippen LogP contribution in [-0.2, 0) is 9.59 Å². The highest BCUT2D eigenvalue weighted by atomic mass is 32.2. The van der Waals surface area contributed by atoms with Crippen molar-refractivity contribution in [2.75, 3.05) is 19.0 Å². The highest BCUT2D eigenvalue weighted by molar-refractivity contribution is 8.26. The van der Waals surface area contributed by atoms with E-state index in [1.54, 1.807) is 24.1 Å². The summed E-state index contributed by atoms with van der Waals surface area (Å²) in [6.45, 7) is 0.517. The van der Waals surface area contributed by atoms with Gasteiger partial charge in [0.1, 0.15) is 10.1 Å². The van der Waals surface area contributed by atoms with Gasteiger partial charge in [0, 0.05) is 18.7 Å². The maximum Gasteiger partial charge on any atom is 0.335 e. The minimum Gasteiger partial charge on any atom is -0.497 e. The van der Waals surface area contributed by atoms with E-state index < -0.39 is 5.97 Å². The molecular formula is C24H24N2O5S2. The second-order valence-electron chi connectivity index (χ2n) is 7.35. The number of nitrogens with one attached hydrogen (secondary N) is 1. The normalized spacial score (nSPS) is 14.6. The number of carbonyl (C=O) groups is 3. The topological polar surface area (TPSA) is 95.9 Å². The van der Waals surface area contributed by atoms with E-state index in [0.29, 0.717) is 34.3 Å². The van der Waals surface area contributed by atoms with Crippen LogP contribution in [0.2, 0.25) is 0 Å². The van der Waals surface area contributed by atoms with Crippen LogP contribution in [0.4, 0.5) is 5.69 Å². The number of ether oxygens (including phenoxy) is 1. The summed E-state index contributed by atoms with van der Waals surface area (Å²) in [7, 11) is 1.61. The molecule has 1 aliphatic heterocycles. The number of hydrogen-bond donors (Lipinski definition) is 2. The number of anilines is 1. The summed E-state index contributed by atoms with van der Waals surface area (Å²) in [6.07, 6.45) is 4.36. The van der Waals surface area contributed by atoms with Gasteiger partial charge in [-0.1, -0.05) is 42.5 Å². The van der Waals surface area contributed by atoms with Crippen molar-refractivity contribution in [1.29, 1.82) is 0 Å². The van der Waals surface area contributed by atoms with E-state index in [-0.39, 0.29) is 17.4 Å². The number of aromatic carboxylic acids is 1. The molecule has 7 nitrogen and oxygen atoms in total. The Labute approximate surface area is 201 Å². The van der Waals surface area contributed by atoms with Crippen molar-refractivity contribution >= 4 is 57.8 Å². The molecule has 0 aromatic heterocycles. The van der Waals surface area contributed by atoms with Crippen molar-refractivity contribution < 1.29 is 24.2 Å². The van der Waals surface area contributed by atoms with Crippen molar-refractivity contribution in [3.05, 3.63) is 64.6 Å². The predicted octanol–water partition coefficient (Wildman–Crippen LogP) is 4.79. The van der Waals surface area contributed by atoms with Crippen LogP contribution in [0, 0.1) is 0 Å². The number of thiocarbonyl (C=S) groups is 1. The quantitative estimate of drug-likeness (QED) is 0.284. The Bertz CT molecular complexity index is 1070. The third-order valence-electron chi connectivity index (χ3n) is 4.99. The maximum absolute atomic E-state index is 12.7. The molecule has 0 spiro atoms. The van der Waals surface area contributed by atoms with E-state index in [9.17, 15) is 14.4 Å². The number of nitrogens with zero attached hydrogens (tertiary/aromatic N) is 1. The molecule has 0 aliphatic carbocycles. The fourth-order valence-corrected chi connectivity index (χ4v) is 4.50. The summed E-state index contributed by atoms with van der Waals surface area (Å²) in [5, 5.41) is 11.7. The fourth-order valence-electron chi connectivity index (χ4n) is 3.20. The number of unbranched alkanes of at least 4 members (excludes halogenated alkanes) is 2. The zero-order chi connectivity index (χ0) is 23.8. The number of benzene rings is 2. The van der Waals surface area contributed by atoms with Crippen molar-refractivity contribution in [3.63, 3.8) is 0 Å². The fraction of sp³-hybridized carbons (Fsp3) is 0.250. The van der Waals surface area contributed by atoms with Gasteiger partial charge in [0.2, 0.25) is 5.91 Å². The van der Waals surface area contributed by atoms with E-state index in [1.165, 1.54) is 23.9 Å². The van der Waals surface area contributed by atoms with E-state index in [2.05, 4.69) is 5.32 Å². The molecule has 0 atom stereocenters. The Morgan fingerprint density at radius 2 is 1.79 bits per heavy atom. The molecule has 0 saturated carbocycles. The first-order valence-corrected chi connectivity index (χ1v) is 11.6. The van der Waals surface area contributed by atoms with Crippen LogP contribution in [0.3, 0.4) is 0 Å². The van der Waals surface area contributed by atoms with E-state index in [1.807, 2.05) is 30.3 Å². The van der Waals surface area contributed by atoms with Crippen molar-refractivity contribution in [1.82, 2.24) is 4.90 Å². The maximum atomic E-state index is 12.7. The molecule has 1 aliphatic rings. The second-order valence-corrected chi connectivity index (χ2v) is 9.02. The number of rotatable bonds is 10. The van der Waals surface area contributed by atoms with Gasteiger partial charge in [-0.05, 0) is 60.9 Å². The lowest BCUT2D eigenvalue weighted by Gasteiger charge is -2.14.